The average molecular weight is 528 g/mol. The number of ether oxygens (including phenoxy) is 1. The average Bonchev–Trinajstić information content (AvgIpc) is 3.48. The number of allylic oxidation sites excluding steroid dienone is 1. The Hall–Kier alpha value is -2.95. The molecule has 10 heteroatoms. The summed E-state index contributed by atoms with van der Waals surface area (Å²) in [6.07, 6.45) is 6.86. The number of rotatable bonds is 8. The van der Waals surface area contributed by atoms with Crippen LogP contribution in [0.5, 0.6) is 5.75 Å². The fourth-order valence-electron chi connectivity index (χ4n) is 4.33. The van der Waals surface area contributed by atoms with Crippen LogP contribution >= 0.6 is 11.3 Å². The molecule has 0 radical (unpaired) electrons. The van der Waals surface area contributed by atoms with Crippen molar-refractivity contribution in [2.45, 2.75) is 33.6 Å². The number of hydrogen-bond acceptors (Lipinski definition) is 7. The minimum atomic E-state index is -3.18. The molecule has 4 rings (SSSR count). The number of imidazole rings is 1. The topological polar surface area (TPSA) is 80.6 Å². The van der Waals surface area contributed by atoms with Crippen molar-refractivity contribution in [1.82, 2.24) is 18.8 Å². The summed E-state index contributed by atoms with van der Waals surface area (Å²) in [7, 11) is 0.507. The second kappa shape index (κ2) is 10.6. The molecule has 2 aromatic heterocycles. The first-order valence-electron chi connectivity index (χ1n) is 11.9. The first kappa shape index (κ1) is 26.1. The third-order valence-electron chi connectivity index (χ3n) is 6.42. The van der Waals surface area contributed by atoms with Crippen molar-refractivity contribution >= 4 is 38.5 Å². The van der Waals surface area contributed by atoms with Gasteiger partial charge < -0.3 is 9.64 Å². The summed E-state index contributed by atoms with van der Waals surface area (Å²) in [5.41, 5.74) is 5.21. The molecule has 0 bridgehead atoms. The van der Waals surface area contributed by atoms with Crippen LogP contribution in [-0.4, -0.2) is 60.8 Å². The van der Waals surface area contributed by atoms with E-state index in [-0.39, 0.29) is 0 Å². The SMILES string of the molecule is CCc1nc(C)n(/C=C(\C)C2=CCN(S(C)(=O)=O)CC2)c1N(C)c1nc(-c2ccc(OC)cc2)cs1. The van der Waals surface area contributed by atoms with Crippen molar-refractivity contribution in [3.63, 3.8) is 0 Å². The molecule has 0 N–H and O–H groups in total. The molecule has 192 valence electrons. The smallest absolute Gasteiger partial charge is 0.211 e. The molecule has 36 heavy (non-hydrogen) atoms. The Morgan fingerprint density at radius 1 is 1.25 bits per heavy atom. The Kier molecular flexibility index (Phi) is 7.67. The third kappa shape index (κ3) is 5.40. The van der Waals surface area contributed by atoms with Crippen molar-refractivity contribution in [1.29, 1.82) is 0 Å². The Morgan fingerprint density at radius 3 is 2.56 bits per heavy atom. The molecule has 3 heterocycles. The number of anilines is 2. The maximum Gasteiger partial charge on any atom is 0.211 e. The van der Waals surface area contributed by atoms with E-state index >= 15 is 0 Å². The molecule has 0 aliphatic carbocycles. The molecule has 1 aliphatic heterocycles. The molecule has 0 unspecified atom stereocenters. The lowest BCUT2D eigenvalue weighted by atomic mass is 10.0. The van der Waals surface area contributed by atoms with E-state index in [9.17, 15) is 8.42 Å². The van der Waals surface area contributed by atoms with Gasteiger partial charge in [-0.05, 0) is 62.1 Å². The van der Waals surface area contributed by atoms with Gasteiger partial charge in [-0.2, -0.15) is 4.31 Å². The van der Waals surface area contributed by atoms with Crippen LogP contribution in [0, 0.1) is 6.92 Å². The van der Waals surface area contributed by atoms with Crippen molar-refractivity contribution in [2.75, 3.05) is 38.4 Å². The highest BCUT2D eigenvalue weighted by Gasteiger charge is 2.22. The molecule has 3 aromatic rings. The predicted molar refractivity (Wildman–Crippen MR) is 148 cm³/mol. The van der Waals surface area contributed by atoms with Gasteiger partial charge in [-0.3, -0.25) is 4.57 Å². The summed E-state index contributed by atoms with van der Waals surface area (Å²) in [6, 6.07) is 7.90. The number of benzene rings is 1. The van der Waals surface area contributed by atoms with Crippen LogP contribution in [0.3, 0.4) is 0 Å². The van der Waals surface area contributed by atoms with Crippen molar-refractivity contribution in [3.05, 3.63) is 58.4 Å². The zero-order valence-corrected chi connectivity index (χ0v) is 23.3. The molecule has 0 atom stereocenters. The van der Waals surface area contributed by atoms with Crippen molar-refractivity contribution in [3.8, 4) is 17.0 Å². The van der Waals surface area contributed by atoms with Gasteiger partial charge in [0.05, 0.1) is 24.8 Å². The predicted octanol–water partition coefficient (Wildman–Crippen LogP) is 5.11. The van der Waals surface area contributed by atoms with Crippen molar-refractivity contribution < 1.29 is 13.2 Å². The summed E-state index contributed by atoms with van der Waals surface area (Å²) < 4.78 is 32.6. The van der Waals surface area contributed by atoms with Crippen LogP contribution in [0.4, 0.5) is 10.9 Å². The largest absolute Gasteiger partial charge is 0.497 e. The number of methoxy groups -OCH3 is 1. The minimum Gasteiger partial charge on any atom is -0.497 e. The maximum absolute atomic E-state index is 11.9. The molecular formula is C26H33N5O3S2. The Bertz CT molecular complexity index is 1400. The van der Waals surface area contributed by atoms with E-state index in [2.05, 4.69) is 34.9 Å². The summed E-state index contributed by atoms with van der Waals surface area (Å²) in [6.45, 7) is 7.09. The van der Waals surface area contributed by atoms with E-state index < -0.39 is 10.0 Å². The number of aromatic nitrogens is 3. The van der Waals surface area contributed by atoms with E-state index in [0.717, 1.165) is 57.0 Å². The standard InChI is InChI=1S/C26H33N5O3S2/c1-7-23-25(29(4)26-28-24(17-35-26)21-8-10-22(34-5)11-9-21)31(19(3)27-23)16-18(2)20-12-14-30(15-13-20)36(6,32)33/h8-12,16-17H,7,13-15H2,1-6H3/b18-16+. The third-order valence-corrected chi connectivity index (χ3v) is 8.61. The van der Waals surface area contributed by atoms with Gasteiger partial charge in [0, 0.05) is 37.3 Å². The molecule has 1 aliphatic rings. The number of hydrogen-bond donors (Lipinski definition) is 0. The van der Waals surface area contributed by atoms with Gasteiger partial charge in [0.2, 0.25) is 10.0 Å². The second-order valence-corrected chi connectivity index (χ2v) is 11.7. The molecule has 0 saturated carbocycles. The highest BCUT2D eigenvalue weighted by molar-refractivity contribution is 7.88. The molecule has 0 amide bonds. The lowest BCUT2D eigenvalue weighted by Gasteiger charge is -2.25. The Balaban J connectivity index is 1.65. The molecule has 0 spiro atoms. The highest BCUT2D eigenvalue weighted by Crippen LogP contribution is 2.35. The molecule has 0 saturated heterocycles. The van der Waals surface area contributed by atoms with Gasteiger partial charge >= 0.3 is 0 Å². The van der Waals surface area contributed by atoms with Crippen LogP contribution in [0.2, 0.25) is 0 Å². The number of thiazole rings is 1. The fourth-order valence-corrected chi connectivity index (χ4v) is 5.90. The molecule has 1 aromatic carbocycles. The van der Waals surface area contributed by atoms with Gasteiger partial charge in [0.15, 0.2) is 5.13 Å². The zero-order valence-electron chi connectivity index (χ0n) is 21.6. The van der Waals surface area contributed by atoms with Gasteiger partial charge in [-0.25, -0.2) is 18.4 Å². The van der Waals surface area contributed by atoms with Crippen LogP contribution in [0.1, 0.15) is 31.8 Å². The summed E-state index contributed by atoms with van der Waals surface area (Å²) in [4.78, 5) is 11.8. The van der Waals surface area contributed by atoms with Gasteiger partial charge in [-0.1, -0.05) is 13.0 Å². The van der Waals surface area contributed by atoms with Gasteiger partial charge in [0.25, 0.3) is 0 Å². The van der Waals surface area contributed by atoms with E-state index in [4.69, 9.17) is 14.7 Å². The highest BCUT2D eigenvalue weighted by atomic mass is 32.2. The maximum atomic E-state index is 11.9. The lowest BCUT2D eigenvalue weighted by molar-refractivity contribution is 0.415. The fraction of sp³-hybridized carbons (Fsp3) is 0.385. The van der Waals surface area contributed by atoms with Crippen LogP contribution in [0.25, 0.3) is 17.5 Å². The monoisotopic (exact) mass is 527 g/mol. The van der Waals surface area contributed by atoms with Crippen LogP contribution < -0.4 is 9.64 Å². The second-order valence-electron chi connectivity index (χ2n) is 8.87. The first-order chi connectivity index (χ1) is 17.1. The zero-order chi connectivity index (χ0) is 26.0. The minimum absolute atomic E-state index is 0.405. The molecular weight excluding hydrogens is 494 g/mol. The first-order valence-corrected chi connectivity index (χ1v) is 14.6. The van der Waals surface area contributed by atoms with E-state index in [1.165, 1.54) is 10.6 Å². The van der Waals surface area contributed by atoms with Crippen molar-refractivity contribution in [2.24, 2.45) is 0 Å². The van der Waals surface area contributed by atoms with E-state index in [1.54, 1.807) is 18.4 Å². The van der Waals surface area contributed by atoms with Gasteiger partial charge in [-0.15, -0.1) is 11.3 Å². The Morgan fingerprint density at radius 2 is 1.97 bits per heavy atom. The lowest BCUT2D eigenvalue weighted by Crippen LogP contribution is -2.34. The van der Waals surface area contributed by atoms with E-state index in [0.29, 0.717) is 19.5 Å². The molecule has 0 fully saturated rings. The normalized spacial score (nSPS) is 15.2. The van der Waals surface area contributed by atoms with E-state index in [1.807, 2.05) is 44.3 Å². The number of sulfonamides is 1. The van der Waals surface area contributed by atoms with Crippen LogP contribution in [-0.2, 0) is 16.4 Å². The van der Waals surface area contributed by atoms with Crippen LogP contribution in [0.15, 0.2) is 46.9 Å². The van der Waals surface area contributed by atoms with Gasteiger partial charge in [0.1, 0.15) is 17.4 Å². The Labute approximate surface area is 217 Å². The number of nitrogens with zero attached hydrogens (tertiary/aromatic N) is 5. The number of aryl methyl sites for hydroxylation is 2. The summed E-state index contributed by atoms with van der Waals surface area (Å²) in [5, 5.41) is 2.94. The quantitative estimate of drug-likeness (QED) is 0.405. The summed E-state index contributed by atoms with van der Waals surface area (Å²) >= 11 is 1.59. The summed E-state index contributed by atoms with van der Waals surface area (Å²) in [5.74, 6) is 2.70. The molecule has 8 nitrogen and oxygen atoms in total.